The summed E-state index contributed by atoms with van der Waals surface area (Å²) in [6.45, 7) is 0. The van der Waals surface area contributed by atoms with Crippen LogP contribution in [0, 0.1) is 10.1 Å². The molecule has 0 aliphatic carbocycles. The van der Waals surface area contributed by atoms with Gasteiger partial charge in [-0.15, -0.1) is 0 Å². The lowest BCUT2D eigenvalue weighted by molar-refractivity contribution is -0.384. The average molecular weight is 314 g/mol. The molecule has 116 valence electrons. The van der Waals surface area contributed by atoms with Gasteiger partial charge in [0, 0.05) is 23.5 Å². The van der Waals surface area contributed by atoms with Crippen molar-refractivity contribution in [3.8, 4) is 0 Å². The third-order valence-electron chi connectivity index (χ3n) is 4.07. The second-order valence-corrected chi connectivity index (χ2v) is 5.69. The Morgan fingerprint density at radius 1 is 0.667 bits per heavy atom. The van der Waals surface area contributed by atoms with Crippen molar-refractivity contribution in [3.05, 3.63) is 89.0 Å². The summed E-state index contributed by atoms with van der Waals surface area (Å²) in [5, 5.41) is 18.8. The van der Waals surface area contributed by atoms with Gasteiger partial charge in [-0.05, 0) is 57.9 Å². The molecule has 0 amide bonds. The topological polar surface area (TPSA) is 55.2 Å². The molecule has 0 bridgehead atoms. The molecule has 0 radical (unpaired) electrons. The van der Waals surface area contributed by atoms with Crippen LogP contribution >= 0.6 is 0 Å². The Bertz CT molecular complexity index is 1060. The van der Waals surface area contributed by atoms with Crippen LogP contribution in [-0.4, -0.2) is 4.92 Å². The summed E-state index contributed by atoms with van der Waals surface area (Å²) in [5.41, 5.74) is 1.86. The second kappa shape index (κ2) is 5.66. The summed E-state index contributed by atoms with van der Waals surface area (Å²) in [6, 6.07) is 25.2. The van der Waals surface area contributed by atoms with Crippen molar-refractivity contribution in [2.24, 2.45) is 0 Å². The van der Waals surface area contributed by atoms with Gasteiger partial charge in [0.25, 0.3) is 5.69 Å². The number of hydrogen-bond acceptors (Lipinski definition) is 3. The Morgan fingerprint density at radius 2 is 1.25 bits per heavy atom. The molecule has 4 nitrogen and oxygen atoms in total. The van der Waals surface area contributed by atoms with Gasteiger partial charge in [0.2, 0.25) is 0 Å². The second-order valence-electron chi connectivity index (χ2n) is 5.69. The Hall–Kier alpha value is -3.40. The molecule has 0 heterocycles. The summed E-state index contributed by atoms with van der Waals surface area (Å²) >= 11 is 0. The van der Waals surface area contributed by atoms with E-state index in [2.05, 4.69) is 41.7 Å². The zero-order valence-corrected chi connectivity index (χ0v) is 12.8. The smallest absolute Gasteiger partial charge is 0.269 e. The fourth-order valence-electron chi connectivity index (χ4n) is 2.85. The molecular formula is C20H14N2O2. The molecule has 0 aromatic heterocycles. The summed E-state index contributed by atoms with van der Waals surface area (Å²) in [5.74, 6) is 0. The molecule has 24 heavy (non-hydrogen) atoms. The van der Waals surface area contributed by atoms with Gasteiger partial charge in [-0.25, -0.2) is 0 Å². The van der Waals surface area contributed by atoms with E-state index in [1.807, 2.05) is 18.2 Å². The molecular weight excluding hydrogens is 300 g/mol. The van der Waals surface area contributed by atoms with E-state index in [1.165, 1.54) is 28.3 Å². The molecule has 0 atom stereocenters. The molecule has 4 rings (SSSR count). The highest BCUT2D eigenvalue weighted by Gasteiger charge is 2.04. The van der Waals surface area contributed by atoms with Gasteiger partial charge in [0.15, 0.2) is 0 Å². The predicted octanol–water partition coefficient (Wildman–Crippen LogP) is 5.64. The van der Waals surface area contributed by atoms with Gasteiger partial charge in [-0.1, -0.05) is 30.3 Å². The minimum absolute atomic E-state index is 0.0885. The van der Waals surface area contributed by atoms with Crippen LogP contribution < -0.4 is 5.32 Å². The van der Waals surface area contributed by atoms with Crippen molar-refractivity contribution in [2.45, 2.75) is 0 Å². The number of anilines is 2. The van der Waals surface area contributed by atoms with Gasteiger partial charge in [0.1, 0.15) is 0 Å². The fraction of sp³-hybridized carbons (Fsp3) is 0. The fourth-order valence-corrected chi connectivity index (χ4v) is 2.85. The Balaban J connectivity index is 1.69. The standard InChI is InChI=1S/C20H14N2O2/c23-22(24)20-9-7-18(8-10-20)21-19-6-5-16-11-14-3-1-2-4-15(14)12-17(16)13-19/h1-13,21H. The number of hydrogen-bond donors (Lipinski definition) is 1. The lowest BCUT2D eigenvalue weighted by Crippen LogP contribution is -1.92. The van der Waals surface area contributed by atoms with E-state index in [0.29, 0.717) is 0 Å². The monoisotopic (exact) mass is 314 g/mol. The minimum atomic E-state index is -0.398. The van der Waals surface area contributed by atoms with E-state index in [-0.39, 0.29) is 5.69 Å². The molecule has 4 aromatic carbocycles. The summed E-state index contributed by atoms with van der Waals surface area (Å²) in [7, 11) is 0. The molecule has 0 aliphatic heterocycles. The highest BCUT2D eigenvalue weighted by molar-refractivity contribution is 5.99. The highest BCUT2D eigenvalue weighted by Crippen LogP contribution is 2.27. The minimum Gasteiger partial charge on any atom is -0.356 e. The van der Waals surface area contributed by atoms with E-state index in [4.69, 9.17) is 0 Å². The van der Waals surface area contributed by atoms with E-state index in [0.717, 1.165) is 16.8 Å². The Morgan fingerprint density at radius 3 is 1.92 bits per heavy atom. The molecule has 0 unspecified atom stereocenters. The number of benzene rings is 4. The van der Waals surface area contributed by atoms with E-state index in [9.17, 15) is 10.1 Å². The van der Waals surface area contributed by atoms with Gasteiger partial charge >= 0.3 is 0 Å². The maximum Gasteiger partial charge on any atom is 0.269 e. The molecule has 4 heteroatoms. The van der Waals surface area contributed by atoms with Crippen LogP contribution in [0.25, 0.3) is 21.5 Å². The number of nitrogens with zero attached hydrogens (tertiary/aromatic N) is 1. The maximum absolute atomic E-state index is 10.7. The number of fused-ring (bicyclic) bond motifs is 2. The van der Waals surface area contributed by atoms with Crippen LogP contribution in [0.5, 0.6) is 0 Å². The van der Waals surface area contributed by atoms with Crippen LogP contribution in [0.3, 0.4) is 0 Å². The number of nitro benzene ring substituents is 1. The van der Waals surface area contributed by atoms with Crippen LogP contribution in [0.15, 0.2) is 78.9 Å². The molecule has 0 spiro atoms. The van der Waals surface area contributed by atoms with Crippen LogP contribution in [0.2, 0.25) is 0 Å². The molecule has 4 aromatic rings. The van der Waals surface area contributed by atoms with E-state index < -0.39 is 4.92 Å². The van der Waals surface area contributed by atoms with Crippen LogP contribution in [0.4, 0.5) is 17.1 Å². The highest BCUT2D eigenvalue weighted by atomic mass is 16.6. The van der Waals surface area contributed by atoms with Crippen molar-refractivity contribution in [1.29, 1.82) is 0 Å². The maximum atomic E-state index is 10.7. The first-order chi connectivity index (χ1) is 11.7. The Kier molecular flexibility index (Phi) is 3.35. The summed E-state index contributed by atoms with van der Waals surface area (Å²) < 4.78 is 0. The van der Waals surface area contributed by atoms with Gasteiger partial charge < -0.3 is 5.32 Å². The summed E-state index contributed by atoms with van der Waals surface area (Å²) in [6.07, 6.45) is 0. The largest absolute Gasteiger partial charge is 0.356 e. The molecule has 0 saturated heterocycles. The zero-order valence-electron chi connectivity index (χ0n) is 12.8. The number of rotatable bonds is 3. The van der Waals surface area contributed by atoms with Crippen molar-refractivity contribution >= 4 is 38.6 Å². The first-order valence-electron chi connectivity index (χ1n) is 7.63. The first-order valence-corrected chi connectivity index (χ1v) is 7.63. The number of nitrogens with one attached hydrogen (secondary N) is 1. The molecule has 0 saturated carbocycles. The normalized spacial score (nSPS) is 10.8. The molecule has 1 N–H and O–H groups in total. The molecule has 0 fully saturated rings. The quantitative estimate of drug-likeness (QED) is 0.302. The third-order valence-corrected chi connectivity index (χ3v) is 4.07. The first kappa shape index (κ1) is 14.2. The van der Waals surface area contributed by atoms with E-state index >= 15 is 0 Å². The molecule has 0 aliphatic rings. The van der Waals surface area contributed by atoms with Crippen LogP contribution in [-0.2, 0) is 0 Å². The van der Waals surface area contributed by atoms with Crippen molar-refractivity contribution < 1.29 is 4.92 Å². The van der Waals surface area contributed by atoms with Crippen molar-refractivity contribution in [3.63, 3.8) is 0 Å². The SMILES string of the molecule is O=[N+]([O-])c1ccc(Nc2ccc3cc4ccccc4cc3c2)cc1. The zero-order chi connectivity index (χ0) is 16.5. The number of nitro groups is 1. The van der Waals surface area contributed by atoms with Gasteiger partial charge in [0.05, 0.1) is 4.92 Å². The lowest BCUT2D eigenvalue weighted by atomic mass is 10.0. The Labute approximate surface area is 138 Å². The van der Waals surface area contributed by atoms with Crippen molar-refractivity contribution in [1.82, 2.24) is 0 Å². The lowest BCUT2D eigenvalue weighted by Gasteiger charge is -2.08. The van der Waals surface area contributed by atoms with Gasteiger partial charge in [-0.2, -0.15) is 0 Å². The average Bonchev–Trinajstić information content (AvgIpc) is 2.60. The van der Waals surface area contributed by atoms with Gasteiger partial charge in [-0.3, -0.25) is 10.1 Å². The third kappa shape index (κ3) is 2.65. The summed E-state index contributed by atoms with van der Waals surface area (Å²) in [4.78, 5) is 10.3. The van der Waals surface area contributed by atoms with E-state index in [1.54, 1.807) is 12.1 Å². The number of non-ortho nitro benzene ring substituents is 1. The van der Waals surface area contributed by atoms with Crippen molar-refractivity contribution in [2.75, 3.05) is 5.32 Å². The van der Waals surface area contributed by atoms with Crippen LogP contribution in [0.1, 0.15) is 0 Å². The predicted molar refractivity (Wildman–Crippen MR) is 97.8 cm³/mol.